The normalized spacial score (nSPS) is 22.0. The van der Waals surface area contributed by atoms with Crippen LogP contribution < -0.4 is 10.6 Å². The van der Waals surface area contributed by atoms with Gasteiger partial charge in [-0.1, -0.05) is 42.8 Å². The maximum Gasteiger partial charge on any atom is 0.237 e. The summed E-state index contributed by atoms with van der Waals surface area (Å²) in [6.07, 6.45) is 0. The van der Waals surface area contributed by atoms with Gasteiger partial charge in [-0.3, -0.25) is 9.59 Å². The molecule has 0 spiro atoms. The van der Waals surface area contributed by atoms with Crippen molar-refractivity contribution in [2.75, 3.05) is 11.9 Å². The molecule has 0 saturated carbocycles. The summed E-state index contributed by atoms with van der Waals surface area (Å²) in [5, 5.41) is 5.66. The van der Waals surface area contributed by atoms with E-state index in [-0.39, 0.29) is 23.1 Å². The molecule has 1 aromatic carbocycles. The molecule has 1 aliphatic rings. The standard InChI is InChI=1S/C16H21BrN2O2/c1-9-5-6-10(7-12(9)17)19-15(21)13-11(16(2,3)4)8-18-14(13)20/h5-7,11,13H,8H2,1-4H3,(H,18,20)(H,19,21). The van der Waals surface area contributed by atoms with Crippen LogP contribution in [0.4, 0.5) is 5.69 Å². The number of carbonyl (C=O) groups is 2. The highest BCUT2D eigenvalue weighted by Crippen LogP contribution is 2.35. The van der Waals surface area contributed by atoms with Crippen LogP contribution in [0.3, 0.4) is 0 Å². The van der Waals surface area contributed by atoms with E-state index in [0.29, 0.717) is 12.2 Å². The van der Waals surface area contributed by atoms with Gasteiger partial charge >= 0.3 is 0 Å². The zero-order valence-corrected chi connectivity index (χ0v) is 14.4. The first-order chi connectivity index (χ1) is 9.70. The lowest BCUT2D eigenvalue weighted by Crippen LogP contribution is -2.37. The molecule has 2 amide bonds. The number of carbonyl (C=O) groups excluding carboxylic acids is 2. The minimum atomic E-state index is -0.634. The van der Waals surface area contributed by atoms with Crippen molar-refractivity contribution >= 4 is 33.4 Å². The number of nitrogens with one attached hydrogen (secondary N) is 2. The number of hydrogen-bond acceptors (Lipinski definition) is 2. The molecule has 1 aliphatic heterocycles. The van der Waals surface area contributed by atoms with E-state index in [1.807, 2.05) is 25.1 Å². The Bertz CT molecular complexity index is 578. The van der Waals surface area contributed by atoms with Gasteiger partial charge in [-0.25, -0.2) is 0 Å². The summed E-state index contributed by atoms with van der Waals surface area (Å²) in [5.41, 5.74) is 1.69. The fourth-order valence-electron chi connectivity index (χ4n) is 2.62. The summed E-state index contributed by atoms with van der Waals surface area (Å²) in [6.45, 7) is 8.70. The third kappa shape index (κ3) is 3.46. The Morgan fingerprint density at radius 3 is 2.62 bits per heavy atom. The summed E-state index contributed by atoms with van der Waals surface area (Å²) in [6, 6.07) is 5.62. The second-order valence-electron chi connectivity index (χ2n) is 6.65. The van der Waals surface area contributed by atoms with E-state index in [1.54, 1.807) is 0 Å². The number of anilines is 1. The van der Waals surface area contributed by atoms with Crippen LogP contribution in [0.15, 0.2) is 22.7 Å². The van der Waals surface area contributed by atoms with Gasteiger partial charge in [0.25, 0.3) is 0 Å². The van der Waals surface area contributed by atoms with Crippen LogP contribution in [0.1, 0.15) is 26.3 Å². The Labute approximate surface area is 133 Å². The molecule has 0 aliphatic carbocycles. The summed E-state index contributed by atoms with van der Waals surface area (Å²) in [5.74, 6) is -1.05. The molecule has 1 fully saturated rings. The fraction of sp³-hybridized carbons (Fsp3) is 0.500. The molecule has 114 valence electrons. The predicted octanol–water partition coefficient (Wildman–Crippen LogP) is 3.10. The minimum Gasteiger partial charge on any atom is -0.355 e. The van der Waals surface area contributed by atoms with Gasteiger partial charge in [0, 0.05) is 22.6 Å². The van der Waals surface area contributed by atoms with E-state index in [4.69, 9.17) is 0 Å². The number of aryl methyl sites for hydroxylation is 1. The van der Waals surface area contributed by atoms with Crippen LogP contribution in [0, 0.1) is 24.2 Å². The van der Waals surface area contributed by atoms with Crippen molar-refractivity contribution in [3.63, 3.8) is 0 Å². The van der Waals surface area contributed by atoms with Gasteiger partial charge in [-0.05, 0) is 30.0 Å². The summed E-state index contributed by atoms with van der Waals surface area (Å²) >= 11 is 3.44. The van der Waals surface area contributed by atoms with E-state index < -0.39 is 5.92 Å². The Kier molecular flexibility index (Phi) is 4.42. The van der Waals surface area contributed by atoms with Crippen molar-refractivity contribution in [3.05, 3.63) is 28.2 Å². The molecule has 0 radical (unpaired) electrons. The third-order valence-electron chi connectivity index (χ3n) is 4.02. The lowest BCUT2D eigenvalue weighted by molar-refractivity contribution is -0.132. The molecule has 4 nitrogen and oxygen atoms in total. The Hall–Kier alpha value is -1.36. The highest BCUT2D eigenvalue weighted by molar-refractivity contribution is 9.10. The maximum absolute atomic E-state index is 12.5. The molecule has 2 N–H and O–H groups in total. The molecule has 2 atom stereocenters. The van der Waals surface area contributed by atoms with Crippen LogP contribution in [-0.4, -0.2) is 18.4 Å². The molecule has 0 aromatic heterocycles. The highest BCUT2D eigenvalue weighted by Gasteiger charge is 2.45. The van der Waals surface area contributed by atoms with E-state index in [0.717, 1.165) is 10.0 Å². The lowest BCUT2D eigenvalue weighted by atomic mass is 9.74. The van der Waals surface area contributed by atoms with Gasteiger partial charge in [0.2, 0.25) is 11.8 Å². The average molecular weight is 353 g/mol. The second kappa shape index (κ2) is 5.79. The van der Waals surface area contributed by atoms with E-state index in [2.05, 4.69) is 47.3 Å². The number of amides is 2. The van der Waals surface area contributed by atoms with Crippen LogP contribution in [0.2, 0.25) is 0 Å². The zero-order valence-electron chi connectivity index (χ0n) is 12.8. The van der Waals surface area contributed by atoms with E-state index in [1.165, 1.54) is 0 Å². The molecule has 2 unspecified atom stereocenters. The molecule has 5 heteroatoms. The van der Waals surface area contributed by atoms with Gasteiger partial charge < -0.3 is 10.6 Å². The molecular formula is C16H21BrN2O2. The number of halogens is 1. The summed E-state index contributed by atoms with van der Waals surface area (Å²) in [7, 11) is 0. The van der Waals surface area contributed by atoms with Crippen molar-refractivity contribution in [2.45, 2.75) is 27.7 Å². The minimum absolute atomic E-state index is 0.00103. The van der Waals surface area contributed by atoms with Gasteiger partial charge in [0.05, 0.1) is 0 Å². The molecule has 0 bridgehead atoms. The fourth-order valence-corrected chi connectivity index (χ4v) is 3.00. The van der Waals surface area contributed by atoms with Crippen molar-refractivity contribution in [1.29, 1.82) is 0 Å². The van der Waals surface area contributed by atoms with Gasteiger partial charge in [-0.2, -0.15) is 0 Å². The van der Waals surface area contributed by atoms with Crippen molar-refractivity contribution in [2.24, 2.45) is 17.3 Å². The Morgan fingerprint density at radius 2 is 2.05 bits per heavy atom. The summed E-state index contributed by atoms with van der Waals surface area (Å²) in [4.78, 5) is 24.5. The Morgan fingerprint density at radius 1 is 1.38 bits per heavy atom. The van der Waals surface area contributed by atoms with Crippen molar-refractivity contribution in [1.82, 2.24) is 5.32 Å². The highest BCUT2D eigenvalue weighted by atomic mass is 79.9. The summed E-state index contributed by atoms with van der Waals surface area (Å²) < 4.78 is 0.934. The first-order valence-corrected chi connectivity index (χ1v) is 7.84. The zero-order chi connectivity index (χ0) is 15.8. The van der Waals surface area contributed by atoms with Crippen LogP contribution in [0.5, 0.6) is 0 Å². The first kappa shape index (κ1) is 16.0. The lowest BCUT2D eigenvalue weighted by Gasteiger charge is -2.29. The second-order valence-corrected chi connectivity index (χ2v) is 7.50. The molecular weight excluding hydrogens is 332 g/mol. The van der Waals surface area contributed by atoms with Crippen LogP contribution in [0.25, 0.3) is 0 Å². The SMILES string of the molecule is Cc1ccc(NC(=O)C2C(=O)NCC2C(C)(C)C)cc1Br. The number of rotatable bonds is 2. The van der Waals surface area contributed by atoms with Gasteiger partial charge in [0.15, 0.2) is 0 Å². The topological polar surface area (TPSA) is 58.2 Å². The average Bonchev–Trinajstić information content (AvgIpc) is 2.76. The maximum atomic E-state index is 12.5. The molecule has 21 heavy (non-hydrogen) atoms. The monoisotopic (exact) mass is 352 g/mol. The van der Waals surface area contributed by atoms with Gasteiger partial charge in [0.1, 0.15) is 5.92 Å². The first-order valence-electron chi connectivity index (χ1n) is 7.05. The third-order valence-corrected chi connectivity index (χ3v) is 4.87. The molecule has 2 rings (SSSR count). The number of benzene rings is 1. The molecule has 1 saturated heterocycles. The van der Waals surface area contributed by atoms with Crippen molar-refractivity contribution in [3.8, 4) is 0 Å². The Balaban J connectivity index is 2.18. The van der Waals surface area contributed by atoms with Crippen molar-refractivity contribution < 1.29 is 9.59 Å². The van der Waals surface area contributed by atoms with E-state index in [9.17, 15) is 9.59 Å². The number of hydrogen-bond donors (Lipinski definition) is 2. The van der Waals surface area contributed by atoms with Crippen LogP contribution in [-0.2, 0) is 9.59 Å². The predicted molar refractivity (Wildman–Crippen MR) is 87.0 cm³/mol. The van der Waals surface area contributed by atoms with Crippen LogP contribution >= 0.6 is 15.9 Å². The molecule has 1 aromatic rings. The van der Waals surface area contributed by atoms with Gasteiger partial charge in [-0.15, -0.1) is 0 Å². The largest absolute Gasteiger partial charge is 0.355 e. The smallest absolute Gasteiger partial charge is 0.237 e. The van der Waals surface area contributed by atoms with E-state index >= 15 is 0 Å². The quantitative estimate of drug-likeness (QED) is 0.803. The molecule has 1 heterocycles.